The molecule has 0 saturated carbocycles. The number of aromatic amines is 1. The summed E-state index contributed by atoms with van der Waals surface area (Å²) in [5.74, 6) is 1.85. The number of aromatic nitrogens is 2. The number of fused-ring (bicyclic) bond motifs is 1. The van der Waals surface area contributed by atoms with Gasteiger partial charge in [0.05, 0.1) is 38.3 Å². The van der Waals surface area contributed by atoms with Gasteiger partial charge < -0.3 is 19.1 Å². The number of ether oxygens (including phenoxy) is 3. The van der Waals surface area contributed by atoms with Gasteiger partial charge in [0, 0.05) is 23.1 Å². The van der Waals surface area contributed by atoms with Gasteiger partial charge in [-0.05, 0) is 81.6 Å². The number of hydrogen-bond acceptors (Lipinski definition) is 6. The average molecular weight is 551 g/mol. The van der Waals surface area contributed by atoms with E-state index in [-0.39, 0.29) is 5.82 Å². The molecule has 216 valence electrons. The summed E-state index contributed by atoms with van der Waals surface area (Å²) in [6, 6.07) is 11.5. The van der Waals surface area contributed by atoms with Crippen LogP contribution in [0.25, 0.3) is 10.9 Å². The minimum atomic E-state index is -0.622. The van der Waals surface area contributed by atoms with E-state index in [0.29, 0.717) is 28.7 Å². The van der Waals surface area contributed by atoms with Crippen molar-refractivity contribution in [3.8, 4) is 23.3 Å². The van der Waals surface area contributed by atoms with E-state index in [0.717, 1.165) is 87.6 Å². The Labute approximate surface area is 237 Å². The van der Waals surface area contributed by atoms with Crippen molar-refractivity contribution >= 4 is 10.9 Å². The number of nitrogens with one attached hydrogen (secondary N) is 1. The predicted molar refractivity (Wildman–Crippen MR) is 156 cm³/mol. The summed E-state index contributed by atoms with van der Waals surface area (Å²) in [4.78, 5) is 2.50. The van der Waals surface area contributed by atoms with E-state index in [1.165, 1.54) is 18.6 Å². The van der Waals surface area contributed by atoms with Gasteiger partial charge >= 0.3 is 0 Å². The van der Waals surface area contributed by atoms with Crippen molar-refractivity contribution in [2.24, 2.45) is 0 Å². The SMILES string of the molecule is CCCCCCC(C#N)(CCCN1CCC(c2[nH]nc3cc(F)ccc23)CC1)c1cc(OC)c(OC)c(OC)c1. The second-order valence-electron chi connectivity index (χ2n) is 10.9. The molecule has 0 spiro atoms. The van der Waals surface area contributed by atoms with E-state index < -0.39 is 5.41 Å². The van der Waals surface area contributed by atoms with Crippen LogP contribution in [0.4, 0.5) is 4.39 Å². The molecule has 1 N–H and O–H groups in total. The summed E-state index contributed by atoms with van der Waals surface area (Å²) in [6.45, 7) is 5.14. The highest BCUT2D eigenvalue weighted by Gasteiger charge is 2.34. The lowest BCUT2D eigenvalue weighted by molar-refractivity contribution is 0.203. The van der Waals surface area contributed by atoms with E-state index in [2.05, 4.69) is 28.1 Å². The summed E-state index contributed by atoms with van der Waals surface area (Å²) >= 11 is 0. The van der Waals surface area contributed by atoms with E-state index in [9.17, 15) is 9.65 Å². The molecule has 7 nitrogen and oxygen atoms in total. The van der Waals surface area contributed by atoms with Crippen LogP contribution in [-0.4, -0.2) is 56.1 Å². The topological polar surface area (TPSA) is 83.4 Å². The number of likely N-dealkylation sites (tertiary alicyclic amines) is 1. The molecule has 0 aliphatic carbocycles. The van der Waals surface area contributed by atoms with Crippen molar-refractivity contribution in [2.45, 2.75) is 76.0 Å². The fraction of sp³-hybridized carbons (Fsp3) is 0.562. The first-order chi connectivity index (χ1) is 19.5. The quantitative estimate of drug-likeness (QED) is 0.215. The first-order valence-electron chi connectivity index (χ1n) is 14.6. The normalized spacial score (nSPS) is 16.0. The van der Waals surface area contributed by atoms with Crippen molar-refractivity contribution in [3.63, 3.8) is 0 Å². The number of nitrogens with zero attached hydrogens (tertiary/aromatic N) is 3. The van der Waals surface area contributed by atoms with Crippen LogP contribution in [0.1, 0.15) is 81.9 Å². The molecule has 0 radical (unpaired) electrons. The molecule has 0 amide bonds. The minimum absolute atomic E-state index is 0.259. The van der Waals surface area contributed by atoms with Gasteiger partial charge in [-0.25, -0.2) is 4.39 Å². The Morgan fingerprint density at radius 2 is 1.70 bits per heavy atom. The first-order valence-corrected chi connectivity index (χ1v) is 14.6. The Morgan fingerprint density at radius 3 is 2.33 bits per heavy atom. The van der Waals surface area contributed by atoms with Crippen molar-refractivity contribution in [3.05, 3.63) is 47.4 Å². The number of halogens is 1. The van der Waals surface area contributed by atoms with Gasteiger partial charge in [-0.3, -0.25) is 5.10 Å². The Kier molecular flexibility index (Phi) is 10.3. The van der Waals surface area contributed by atoms with Crippen LogP contribution in [0.15, 0.2) is 30.3 Å². The smallest absolute Gasteiger partial charge is 0.203 e. The highest BCUT2D eigenvalue weighted by Crippen LogP contribution is 2.44. The van der Waals surface area contributed by atoms with Crippen LogP contribution in [0.3, 0.4) is 0 Å². The van der Waals surface area contributed by atoms with E-state index in [4.69, 9.17) is 14.2 Å². The minimum Gasteiger partial charge on any atom is -0.493 e. The molecule has 1 aromatic heterocycles. The van der Waals surface area contributed by atoms with Crippen LogP contribution < -0.4 is 14.2 Å². The van der Waals surface area contributed by atoms with Gasteiger partial charge in [0.1, 0.15) is 5.82 Å². The number of unbranched alkanes of at least 4 members (excludes halogenated alkanes) is 3. The zero-order valence-corrected chi connectivity index (χ0v) is 24.4. The second-order valence-corrected chi connectivity index (χ2v) is 10.9. The summed E-state index contributed by atoms with van der Waals surface area (Å²) in [5.41, 5.74) is 2.12. The number of piperidine rings is 1. The molecule has 8 heteroatoms. The van der Waals surface area contributed by atoms with Crippen LogP contribution in [-0.2, 0) is 5.41 Å². The maximum Gasteiger partial charge on any atom is 0.203 e. The molecule has 1 aliphatic heterocycles. The number of H-pyrrole nitrogens is 1. The summed E-state index contributed by atoms with van der Waals surface area (Å²) in [7, 11) is 4.83. The molecule has 3 aromatic rings. The third kappa shape index (κ3) is 6.52. The van der Waals surface area contributed by atoms with Crippen LogP contribution in [0.2, 0.25) is 0 Å². The Balaban J connectivity index is 1.43. The van der Waals surface area contributed by atoms with Gasteiger partial charge in [-0.2, -0.15) is 10.4 Å². The van der Waals surface area contributed by atoms with Crippen molar-refractivity contribution in [2.75, 3.05) is 41.0 Å². The van der Waals surface area contributed by atoms with Gasteiger partial charge in [-0.15, -0.1) is 0 Å². The number of hydrogen-bond donors (Lipinski definition) is 1. The van der Waals surface area contributed by atoms with Crippen molar-refractivity contribution < 1.29 is 18.6 Å². The standard InChI is InChI=1S/C32H43FN4O3/c1-5-6-7-8-14-32(22-34,24-19-28(38-2)31(40-4)29(20-24)39-3)15-9-16-37-17-12-23(13-18-37)30-26-11-10-25(33)21-27(26)35-36-30/h10-11,19-21,23H,5-9,12-18H2,1-4H3,(H,35,36). The lowest BCUT2D eigenvalue weighted by Gasteiger charge is -2.33. The van der Waals surface area contributed by atoms with E-state index >= 15 is 0 Å². The molecular formula is C32H43FN4O3. The Hall–Kier alpha value is -3.31. The maximum absolute atomic E-state index is 13.6. The maximum atomic E-state index is 13.6. The summed E-state index contributed by atoms with van der Waals surface area (Å²) in [5, 5.41) is 19.1. The van der Waals surface area contributed by atoms with Gasteiger partial charge in [0.2, 0.25) is 5.75 Å². The summed E-state index contributed by atoms with van der Waals surface area (Å²) in [6.07, 6.45) is 9.01. The van der Waals surface area contributed by atoms with Crippen LogP contribution >= 0.6 is 0 Å². The molecule has 1 unspecified atom stereocenters. The number of rotatable bonds is 14. The zero-order valence-electron chi connectivity index (χ0n) is 24.4. The zero-order chi connectivity index (χ0) is 28.5. The molecule has 1 fully saturated rings. The second kappa shape index (κ2) is 13.8. The van der Waals surface area contributed by atoms with Crippen molar-refractivity contribution in [1.29, 1.82) is 5.26 Å². The number of benzene rings is 2. The molecular weight excluding hydrogens is 507 g/mol. The molecule has 2 heterocycles. The van der Waals surface area contributed by atoms with Crippen molar-refractivity contribution in [1.82, 2.24) is 15.1 Å². The first kappa shape index (κ1) is 29.7. The van der Waals surface area contributed by atoms with Gasteiger partial charge in [-0.1, -0.05) is 32.6 Å². The third-order valence-corrected chi connectivity index (χ3v) is 8.51. The predicted octanol–water partition coefficient (Wildman–Crippen LogP) is 7.12. The molecule has 1 saturated heterocycles. The lowest BCUT2D eigenvalue weighted by atomic mass is 9.73. The Morgan fingerprint density at radius 1 is 1.00 bits per heavy atom. The number of nitriles is 1. The molecule has 1 atom stereocenters. The van der Waals surface area contributed by atoms with Crippen LogP contribution in [0.5, 0.6) is 17.2 Å². The molecule has 2 aromatic carbocycles. The third-order valence-electron chi connectivity index (χ3n) is 8.51. The largest absolute Gasteiger partial charge is 0.493 e. The fourth-order valence-electron chi connectivity index (χ4n) is 6.17. The lowest BCUT2D eigenvalue weighted by Crippen LogP contribution is -2.35. The van der Waals surface area contributed by atoms with E-state index in [1.807, 2.05) is 18.2 Å². The van der Waals surface area contributed by atoms with Gasteiger partial charge in [0.15, 0.2) is 11.5 Å². The average Bonchev–Trinajstić information content (AvgIpc) is 3.41. The van der Waals surface area contributed by atoms with Crippen LogP contribution in [0, 0.1) is 17.1 Å². The monoisotopic (exact) mass is 550 g/mol. The highest BCUT2D eigenvalue weighted by atomic mass is 19.1. The highest BCUT2D eigenvalue weighted by molar-refractivity contribution is 5.81. The number of methoxy groups -OCH3 is 3. The summed E-state index contributed by atoms with van der Waals surface area (Å²) < 4.78 is 30.4. The fourth-order valence-corrected chi connectivity index (χ4v) is 6.17. The molecule has 0 bridgehead atoms. The molecule has 40 heavy (non-hydrogen) atoms. The van der Waals surface area contributed by atoms with E-state index in [1.54, 1.807) is 21.3 Å². The molecule has 1 aliphatic rings. The van der Waals surface area contributed by atoms with Gasteiger partial charge in [0.25, 0.3) is 0 Å². The molecule has 4 rings (SSSR count). The Bertz CT molecular complexity index is 1270.